The van der Waals surface area contributed by atoms with Crippen LogP contribution in [0.15, 0.2) is 18.2 Å². The summed E-state index contributed by atoms with van der Waals surface area (Å²) < 4.78 is 0. The molecule has 3 heteroatoms. The molecule has 2 N–H and O–H groups in total. The summed E-state index contributed by atoms with van der Waals surface area (Å²) in [5.41, 5.74) is 11.1. The van der Waals surface area contributed by atoms with Gasteiger partial charge in [-0.05, 0) is 50.7 Å². The van der Waals surface area contributed by atoms with E-state index < -0.39 is 0 Å². The zero-order chi connectivity index (χ0) is 14.3. The van der Waals surface area contributed by atoms with Crippen LogP contribution in [0.3, 0.4) is 0 Å². The Bertz CT molecular complexity index is 685. The fraction of sp³-hybridized carbons (Fsp3) is 0.353. The monoisotopic (exact) mass is 285 g/mol. The van der Waals surface area contributed by atoms with Gasteiger partial charge in [0.15, 0.2) is 5.78 Å². The molecule has 3 rings (SSSR count). The van der Waals surface area contributed by atoms with E-state index in [1.165, 1.54) is 22.4 Å². The fourth-order valence-corrected chi connectivity index (χ4v) is 4.20. The van der Waals surface area contributed by atoms with Crippen molar-refractivity contribution >= 4 is 22.1 Å². The quantitative estimate of drug-likeness (QED) is 0.846. The van der Waals surface area contributed by atoms with E-state index in [9.17, 15) is 4.79 Å². The van der Waals surface area contributed by atoms with Gasteiger partial charge in [0.25, 0.3) is 0 Å². The van der Waals surface area contributed by atoms with Crippen LogP contribution in [-0.2, 0) is 12.8 Å². The highest BCUT2D eigenvalue weighted by molar-refractivity contribution is 7.16. The van der Waals surface area contributed by atoms with Gasteiger partial charge in [-0.1, -0.05) is 23.8 Å². The van der Waals surface area contributed by atoms with Crippen molar-refractivity contribution in [2.45, 2.75) is 39.5 Å². The third kappa shape index (κ3) is 2.16. The van der Waals surface area contributed by atoms with Crippen LogP contribution < -0.4 is 5.73 Å². The van der Waals surface area contributed by atoms with Gasteiger partial charge in [0, 0.05) is 10.4 Å². The van der Waals surface area contributed by atoms with Crippen LogP contribution in [0, 0.1) is 13.8 Å². The van der Waals surface area contributed by atoms with Gasteiger partial charge in [0.1, 0.15) is 0 Å². The van der Waals surface area contributed by atoms with Gasteiger partial charge in [-0.15, -0.1) is 11.3 Å². The van der Waals surface area contributed by atoms with Gasteiger partial charge >= 0.3 is 0 Å². The fourth-order valence-electron chi connectivity index (χ4n) is 3.04. The zero-order valence-electron chi connectivity index (χ0n) is 12.0. The Balaban J connectivity index is 2.09. The van der Waals surface area contributed by atoms with Crippen molar-refractivity contribution in [1.29, 1.82) is 0 Å². The molecule has 0 radical (unpaired) electrons. The van der Waals surface area contributed by atoms with Crippen LogP contribution >= 0.6 is 11.3 Å². The first-order chi connectivity index (χ1) is 9.58. The van der Waals surface area contributed by atoms with Crippen LogP contribution in [0.5, 0.6) is 0 Å². The molecule has 0 saturated carbocycles. The SMILES string of the molecule is Cc1ccc(C(=O)c2c(N)sc3c2CCCC3)c(C)c1. The minimum absolute atomic E-state index is 0.0967. The molecule has 0 saturated heterocycles. The highest BCUT2D eigenvalue weighted by Gasteiger charge is 2.25. The summed E-state index contributed by atoms with van der Waals surface area (Å²) in [4.78, 5) is 14.2. The van der Waals surface area contributed by atoms with Crippen molar-refractivity contribution in [3.63, 3.8) is 0 Å². The molecule has 2 aromatic rings. The molecule has 0 spiro atoms. The van der Waals surface area contributed by atoms with Crippen molar-refractivity contribution in [3.05, 3.63) is 50.9 Å². The molecular formula is C17H19NOS. The first-order valence-electron chi connectivity index (χ1n) is 7.10. The lowest BCUT2D eigenvalue weighted by Gasteiger charge is -2.13. The molecule has 1 aliphatic carbocycles. The molecule has 1 aliphatic rings. The zero-order valence-corrected chi connectivity index (χ0v) is 12.8. The topological polar surface area (TPSA) is 43.1 Å². The van der Waals surface area contributed by atoms with E-state index in [0.717, 1.165) is 36.0 Å². The van der Waals surface area contributed by atoms with Gasteiger partial charge in [0.05, 0.1) is 10.6 Å². The van der Waals surface area contributed by atoms with E-state index in [-0.39, 0.29) is 5.78 Å². The minimum atomic E-state index is 0.0967. The number of nitrogen functional groups attached to an aromatic ring is 1. The largest absolute Gasteiger partial charge is 0.390 e. The molecule has 0 bridgehead atoms. The summed E-state index contributed by atoms with van der Waals surface area (Å²) in [6.07, 6.45) is 4.44. The summed E-state index contributed by atoms with van der Waals surface area (Å²) in [5.74, 6) is 0.0967. The molecule has 0 amide bonds. The van der Waals surface area contributed by atoms with Crippen LogP contribution in [0.4, 0.5) is 5.00 Å². The number of anilines is 1. The van der Waals surface area contributed by atoms with Crippen LogP contribution in [0.25, 0.3) is 0 Å². The van der Waals surface area contributed by atoms with E-state index in [2.05, 4.69) is 6.07 Å². The maximum atomic E-state index is 12.9. The van der Waals surface area contributed by atoms with Crippen molar-refractivity contribution < 1.29 is 4.79 Å². The van der Waals surface area contributed by atoms with Crippen molar-refractivity contribution in [3.8, 4) is 0 Å². The first-order valence-corrected chi connectivity index (χ1v) is 7.91. The molecule has 0 fully saturated rings. The average molecular weight is 285 g/mol. The van der Waals surface area contributed by atoms with E-state index in [4.69, 9.17) is 5.73 Å². The van der Waals surface area contributed by atoms with Crippen molar-refractivity contribution in [2.75, 3.05) is 5.73 Å². The molecule has 104 valence electrons. The summed E-state index contributed by atoms with van der Waals surface area (Å²) in [6.45, 7) is 4.04. The number of nitrogens with two attached hydrogens (primary N) is 1. The van der Waals surface area contributed by atoms with E-state index >= 15 is 0 Å². The molecule has 20 heavy (non-hydrogen) atoms. The summed E-state index contributed by atoms with van der Waals surface area (Å²) in [5, 5.41) is 0.696. The van der Waals surface area contributed by atoms with E-state index in [1.54, 1.807) is 11.3 Å². The number of fused-ring (bicyclic) bond motifs is 1. The number of carbonyl (C=O) groups is 1. The smallest absolute Gasteiger partial charge is 0.196 e. The number of hydrogen-bond acceptors (Lipinski definition) is 3. The Kier molecular flexibility index (Phi) is 3.38. The van der Waals surface area contributed by atoms with Crippen LogP contribution in [0.1, 0.15) is 50.3 Å². The predicted octanol–water partition coefficient (Wildman–Crippen LogP) is 4.06. The lowest BCUT2D eigenvalue weighted by atomic mass is 9.90. The molecule has 0 unspecified atom stereocenters. The Labute approximate surface area is 123 Å². The van der Waals surface area contributed by atoms with Crippen molar-refractivity contribution in [2.24, 2.45) is 0 Å². The van der Waals surface area contributed by atoms with Crippen LogP contribution in [0.2, 0.25) is 0 Å². The van der Waals surface area contributed by atoms with Gasteiger partial charge in [0.2, 0.25) is 0 Å². The molecule has 1 heterocycles. The lowest BCUT2D eigenvalue weighted by molar-refractivity contribution is 0.103. The Morgan fingerprint density at radius 2 is 1.95 bits per heavy atom. The number of benzene rings is 1. The first kappa shape index (κ1) is 13.4. The average Bonchev–Trinajstić information content (AvgIpc) is 2.73. The number of thiophene rings is 1. The second kappa shape index (κ2) is 5.06. The lowest BCUT2D eigenvalue weighted by Crippen LogP contribution is -2.10. The molecule has 2 nitrogen and oxygen atoms in total. The predicted molar refractivity (Wildman–Crippen MR) is 84.7 cm³/mol. The Morgan fingerprint density at radius 1 is 1.20 bits per heavy atom. The molecule has 1 aromatic carbocycles. The molecule has 0 atom stereocenters. The second-order valence-electron chi connectivity index (χ2n) is 5.60. The van der Waals surface area contributed by atoms with Crippen LogP contribution in [-0.4, -0.2) is 5.78 Å². The minimum Gasteiger partial charge on any atom is -0.390 e. The van der Waals surface area contributed by atoms with Gasteiger partial charge < -0.3 is 5.73 Å². The summed E-state index contributed by atoms with van der Waals surface area (Å²) in [6, 6.07) is 5.98. The number of rotatable bonds is 2. The number of ketones is 1. The van der Waals surface area contributed by atoms with Gasteiger partial charge in [-0.3, -0.25) is 4.79 Å². The maximum Gasteiger partial charge on any atom is 0.196 e. The normalized spacial score (nSPS) is 14.1. The second-order valence-corrected chi connectivity index (χ2v) is 6.73. The highest BCUT2D eigenvalue weighted by atomic mass is 32.1. The van der Waals surface area contributed by atoms with Gasteiger partial charge in [-0.25, -0.2) is 0 Å². The Morgan fingerprint density at radius 3 is 2.70 bits per heavy atom. The third-order valence-electron chi connectivity index (χ3n) is 4.05. The number of carbonyl (C=O) groups excluding carboxylic acids is 1. The molecule has 1 aromatic heterocycles. The Hall–Kier alpha value is -1.61. The van der Waals surface area contributed by atoms with E-state index in [0.29, 0.717) is 5.00 Å². The number of aryl methyl sites for hydroxylation is 3. The summed E-state index contributed by atoms with van der Waals surface area (Å²) in [7, 11) is 0. The third-order valence-corrected chi connectivity index (χ3v) is 5.17. The van der Waals surface area contributed by atoms with Gasteiger partial charge in [-0.2, -0.15) is 0 Å². The van der Waals surface area contributed by atoms with Crippen molar-refractivity contribution in [1.82, 2.24) is 0 Å². The van der Waals surface area contributed by atoms with E-state index in [1.807, 2.05) is 26.0 Å². The highest BCUT2D eigenvalue weighted by Crippen LogP contribution is 2.37. The molecule has 0 aliphatic heterocycles. The molecular weight excluding hydrogens is 266 g/mol. The maximum absolute atomic E-state index is 12.9. The summed E-state index contributed by atoms with van der Waals surface area (Å²) >= 11 is 1.61. The number of hydrogen-bond donors (Lipinski definition) is 1. The standard InChI is InChI=1S/C17H19NOS/c1-10-7-8-12(11(2)9-10)16(19)15-13-5-3-4-6-14(13)20-17(15)18/h7-9H,3-6,18H2,1-2H3.